The molecule has 1 aliphatic carbocycles. The SMILES string of the molecule is CC(C)(C)c1ccc(C(=O)NC2CCCCCC2)cc1. The normalized spacial score (nSPS) is 17.6. The number of carbonyl (C=O) groups is 1. The molecule has 0 aliphatic heterocycles. The Balaban J connectivity index is 1.98. The molecule has 0 radical (unpaired) electrons. The summed E-state index contributed by atoms with van der Waals surface area (Å²) in [6.45, 7) is 6.56. The third-order valence-electron chi connectivity index (χ3n) is 4.20. The second-order valence-electron chi connectivity index (χ2n) is 6.99. The number of nitrogens with one attached hydrogen (secondary N) is 1. The van der Waals surface area contributed by atoms with Gasteiger partial charge in [-0.2, -0.15) is 0 Å². The van der Waals surface area contributed by atoms with Gasteiger partial charge < -0.3 is 5.32 Å². The minimum absolute atomic E-state index is 0.0809. The number of amides is 1. The standard InChI is InChI=1S/C18H27NO/c1-18(2,3)15-12-10-14(11-13-15)17(20)19-16-8-6-4-5-7-9-16/h10-13,16H,4-9H2,1-3H3,(H,19,20). The highest BCUT2D eigenvalue weighted by Gasteiger charge is 2.17. The van der Waals surface area contributed by atoms with E-state index in [1.54, 1.807) is 0 Å². The molecule has 2 heteroatoms. The highest BCUT2D eigenvalue weighted by Crippen LogP contribution is 2.22. The van der Waals surface area contributed by atoms with Crippen molar-refractivity contribution in [3.05, 3.63) is 35.4 Å². The summed E-state index contributed by atoms with van der Waals surface area (Å²) in [6, 6.07) is 8.41. The van der Waals surface area contributed by atoms with Crippen molar-refractivity contribution < 1.29 is 4.79 Å². The van der Waals surface area contributed by atoms with Gasteiger partial charge in [0.15, 0.2) is 0 Å². The van der Waals surface area contributed by atoms with Crippen LogP contribution in [0.1, 0.15) is 75.2 Å². The van der Waals surface area contributed by atoms with E-state index in [-0.39, 0.29) is 11.3 Å². The van der Waals surface area contributed by atoms with Crippen LogP contribution < -0.4 is 5.32 Å². The lowest BCUT2D eigenvalue weighted by Crippen LogP contribution is -2.34. The smallest absolute Gasteiger partial charge is 0.251 e. The molecule has 1 aliphatic rings. The van der Waals surface area contributed by atoms with Gasteiger partial charge in [0.05, 0.1) is 0 Å². The molecular weight excluding hydrogens is 246 g/mol. The largest absolute Gasteiger partial charge is 0.349 e. The Morgan fingerprint density at radius 1 is 1.00 bits per heavy atom. The molecule has 0 unspecified atom stereocenters. The van der Waals surface area contributed by atoms with E-state index >= 15 is 0 Å². The molecule has 110 valence electrons. The van der Waals surface area contributed by atoms with Gasteiger partial charge in [-0.1, -0.05) is 58.6 Å². The molecule has 1 N–H and O–H groups in total. The van der Waals surface area contributed by atoms with E-state index in [0.717, 1.165) is 18.4 Å². The van der Waals surface area contributed by atoms with Crippen LogP contribution in [0.4, 0.5) is 0 Å². The molecular formula is C18H27NO. The Hall–Kier alpha value is -1.31. The minimum Gasteiger partial charge on any atom is -0.349 e. The van der Waals surface area contributed by atoms with Gasteiger partial charge in [0.2, 0.25) is 0 Å². The molecule has 0 bridgehead atoms. The Kier molecular flexibility index (Phi) is 4.85. The molecule has 0 heterocycles. The molecule has 2 nitrogen and oxygen atoms in total. The van der Waals surface area contributed by atoms with E-state index in [1.165, 1.54) is 31.2 Å². The van der Waals surface area contributed by atoms with Crippen LogP contribution in [-0.4, -0.2) is 11.9 Å². The number of carbonyl (C=O) groups excluding carboxylic acids is 1. The van der Waals surface area contributed by atoms with Gasteiger partial charge in [-0.05, 0) is 36.0 Å². The van der Waals surface area contributed by atoms with Crippen molar-refractivity contribution in [3.63, 3.8) is 0 Å². The average Bonchev–Trinajstić information content (AvgIpc) is 2.66. The van der Waals surface area contributed by atoms with Gasteiger partial charge in [-0.15, -0.1) is 0 Å². The lowest BCUT2D eigenvalue weighted by atomic mass is 9.86. The summed E-state index contributed by atoms with van der Waals surface area (Å²) in [4.78, 5) is 12.3. The molecule has 1 aromatic carbocycles. The van der Waals surface area contributed by atoms with E-state index in [1.807, 2.05) is 12.1 Å². The Bertz CT molecular complexity index is 433. The lowest BCUT2D eigenvalue weighted by Gasteiger charge is -2.20. The summed E-state index contributed by atoms with van der Waals surface area (Å²) in [7, 11) is 0. The first-order valence-electron chi connectivity index (χ1n) is 7.88. The number of hydrogen-bond acceptors (Lipinski definition) is 1. The zero-order chi connectivity index (χ0) is 14.6. The first-order valence-corrected chi connectivity index (χ1v) is 7.88. The molecule has 0 aromatic heterocycles. The van der Waals surface area contributed by atoms with Crippen molar-refractivity contribution in [2.75, 3.05) is 0 Å². The molecule has 1 aromatic rings. The highest BCUT2D eigenvalue weighted by molar-refractivity contribution is 5.94. The first-order chi connectivity index (χ1) is 9.47. The summed E-state index contributed by atoms with van der Waals surface area (Å²) in [5, 5.41) is 3.19. The molecule has 1 fully saturated rings. The van der Waals surface area contributed by atoms with Crippen LogP contribution in [-0.2, 0) is 5.41 Å². The van der Waals surface area contributed by atoms with Crippen molar-refractivity contribution in [2.24, 2.45) is 0 Å². The van der Waals surface area contributed by atoms with Crippen molar-refractivity contribution in [3.8, 4) is 0 Å². The maximum Gasteiger partial charge on any atom is 0.251 e. The third kappa shape index (κ3) is 4.09. The van der Waals surface area contributed by atoms with Crippen LogP contribution in [0.25, 0.3) is 0 Å². The summed E-state index contributed by atoms with van der Waals surface area (Å²) >= 11 is 0. The van der Waals surface area contributed by atoms with Gasteiger partial charge in [-0.3, -0.25) is 4.79 Å². The van der Waals surface area contributed by atoms with Crippen molar-refractivity contribution >= 4 is 5.91 Å². The van der Waals surface area contributed by atoms with Crippen LogP contribution in [0.3, 0.4) is 0 Å². The fraction of sp³-hybridized carbons (Fsp3) is 0.611. The average molecular weight is 273 g/mol. The first kappa shape index (κ1) is 15.1. The third-order valence-corrected chi connectivity index (χ3v) is 4.20. The summed E-state index contributed by atoms with van der Waals surface area (Å²) in [6.07, 6.45) is 7.37. The predicted octanol–water partition coefficient (Wildman–Crippen LogP) is 4.44. The second-order valence-corrected chi connectivity index (χ2v) is 6.99. The quantitative estimate of drug-likeness (QED) is 0.793. The maximum atomic E-state index is 12.3. The Morgan fingerprint density at radius 2 is 1.55 bits per heavy atom. The van der Waals surface area contributed by atoms with E-state index in [2.05, 4.69) is 38.2 Å². The number of benzene rings is 1. The molecule has 0 saturated heterocycles. The van der Waals surface area contributed by atoms with Crippen LogP contribution in [0.5, 0.6) is 0 Å². The lowest BCUT2D eigenvalue weighted by molar-refractivity contribution is 0.0933. The monoisotopic (exact) mass is 273 g/mol. The van der Waals surface area contributed by atoms with E-state index < -0.39 is 0 Å². The van der Waals surface area contributed by atoms with Crippen LogP contribution in [0.2, 0.25) is 0 Å². The van der Waals surface area contributed by atoms with Gasteiger partial charge in [0.1, 0.15) is 0 Å². The van der Waals surface area contributed by atoms with E-state index in [0.29, 0.717) is 6.04 Å². The number of hydrogen-bond donors (Lipinski definition) is 1. The van der Waals surface area contributed by atoms with Crippen LogP contribution in [0, 0.1) is 0 Å². The molecule has 1 amide bonds. The van der Waals surface area contributed by atoms with Crippen molar-refractivity contribution in [2.45, 2.75) is 70.8 Å². The summed E-state index contributed by atoms with van der Waals surface area (Å²) in [5.41, 5.74) is 2.18. The van der Waals surface area contributed by atoms with Crippen molar-refractivity contribution in [1.29, 1.82) is 0 Å². The Labute approximate surface area is 123 Å². The zero-order valence-corrected chi connectivity index (χ0v) is 13.0. The highest BCUT2D eigenvalue weighted by atomic mass is 16.1. The van der Waals surface area contributed by atoms with Crippen LogP contribution >= 0.6 is 0 Å². The van der Waals surface area contributed by atoms with Gasteiger partial charge in [0.25, 0.3) is 5.91 Å². The predicted molar refractivity (Wildman–Crippen MR) is 84.1 cm³/mol. The molecule has 0 atom stereocenters. The molecule has 1 saturated carbocycles. The minimum atomic E-state index is 0.0809. The summed E-state index contributed by atoms with van der Waals surface area (Å²) in [5.74, 6) is 0.0809. The van der Waals surface area contributed by atoms with Crippen molar-refractivity contribution in [1.82, 2.24) is 5.32 Å². The van der Waals surface area contributed by atoms with E-state index in [4.69, 9.17) is 0 Å². The summed E-state index contributed by atoms with van der Waals surface area (Å²) < 4.78 is 0. The zero-order valence-electron chi connectivity index (χ0n) is 13.0. The van der Waals surface area contributed by atoms with Gasteiger partial charge in [-0.25, -0.2) is 0 Å². The van der Waals surface area contributed by atoms with Crippen LogP contribution in [0.15, 0.2) is 24.3 Å². The topological polar surface area (TPSA) is 29.1 Å². The molecule has 2 rings (SSSR count). The maximum absolute atomic E-state index is 12.3. The fourth-order valence-corrected chi connectivity index (χ4v) is 2.81. The Morgan fingerprint density at radius 3 is 2.05 bits per heavy atom. The van der Waals surface area contributed by atoms with Gasteiger partial charge >= 0.3 is 0 Å². The molecule has 20 heavy (non-hydrogen) atoms. The fourth-order valence-electron chi connectivity index (χ4n) is 2.81. The van der Waals surface area contributed by atoms with Gasteiger partial charge in [0, 0.05) is 11.6 Å². The molecule has 0 spiro atoms. The second kappa shape index (κ2) is 6.43. The van der Waals surface area contributed by atoms with E-state index in [9.17, 15) is 4.79 Å². The number of rotatable bonds is 2.